The topological polar surface area (TPSA) is 69.6 Å². The van der Waals surface area contributed by atoms with Gasteiger partial charge < -0.3 is 5.73 Å². The predicted octanol–water partition coefficient (Wildman–Crippen LogP) is 2.53. The second-order valence-electron chi connectivity index (χ2n) is 4.65. The SMILES string of the molecule is Cc1c(N)nnc(-c2ccnn2-c2ccccc2)c1C. The third kappa shape index (κ3) is 1.93. The van der Waals surface area contributed by atoms with Crippen LogP contribution in [0.25, 0.3) is 17.1 Å². The van der Waals surface area contributed by atoms with Gasteiger partial charge in [0.05, 0.1) is 17.6 Å². The molecule has 0 aliphatic rings. The maximum absolute atomic E-state index is 5.80. The van der Waals surface area contributed by atoms with Gasteiger partial charge in [-0.05, 0) is 43.2 Å². The highest BCUT2D eigenvalue weighted by Crippen LogP contribution is 2.26. The second kappa shape index (κ2) is 4.77. The summed E-state index contributed by atoms with van der Waals surface area (Å²) in [4.78, 5) is 0. The maximum Gasteiger partial charge on any atom is 0.149 e. The molecule has 0 unspecified atom stereocenters. The van der Waals surface area contributed by atoms with Crippen molar-refractivity contribution in [2.75, 3.05) is 5.73 Å². The van der Waals surface area contributed by atoms with Crippen LogP contribution in [0.15, 0.2) is 42.6 Å². The molecule has 3 aromatic rings. The van der Waals surface area contributed by atoms with Crippen molar-refractivity contribution < 1.29 is 0 Å². The summed E-state index contributed by atoms with van der Waals surface area (Å²) < 4.78 is 1.85. The Bertz CT molecular complexity index is 746. The van der Waals surface area contributed by atoms with E-state index in [-0.39, 0.29) is 0 Å². The third-order valence-electron chi connectivity index (χ3n) is 3.45. The molecule has 20 heavy (non-hydrogen) atoms. The van der Waals surface area contributed by atoms with Crippen molar-refractivity contribution in [3.8, 4) is 17.1 Å². The minimum absolute atomic E-state index is 0.469. The van der Waals surface area contributed by atoms with Crippen molar-refractivity contribution in [1.82, 2.24) is 20.0 Å². The maximum atomic E-state index is 5.80. The average molecular weight is 265 g/mol. The molecule has 3 rings (SSSR count). The van der Waals surface area contributed by atoms with Gasteiger partial charge in [-0.3, -0.25) is 0 Å². The smallest absolute Gasteiger partial charge is 0.149 e. The van der Waals surface area contributed by atoms with Crippen LogP contribution in [0.3, 0.4) is 0 Å². The molecule has 1 aromatic carbocycles. The lowest BCUT2D eigenvalue weighted by molar-refractivity contribution is 0.875. The van der Waals surface area contributed by atoms with E-state index in [0.29, 0.717) is 5.82 Å². The lowest BCUT2D eigenvalue weighted by Crippen LogP contribution is -2.05. The van der Waals surface area contributed by atoms with Crippen LogP contribution in [-0.2, 0) is 0 Å². The zero-order valence-electron chi connectivity index (χ0n) is 11.4. The Balaban J connectivity index is 2.18. The lowest BCUT2D eigenvalue weighted by atomic mass is 10.1. The van der Waals surface area contributed by atoms with Crippen molar-refractivity contribution in [2.45, 2.75) is 13.8 Å². The van der Waals surface area contributed by atoms with Gasteiger partial charge in [-0.2, -0.15) is 5.10 Å². The van der Waals surface area contributed by atoms with E-state index in [2.05, 4.69) is 15.3 Å². The number of nitrogen functional groups attached to an aromatic ring is 1. The van der Waals surface area contributed by atoms with E-state index in [9.17, 15) is 0 Å². The van der Waals surface area contributed by atoms with Crippen LogP contribution in [0, 0.1) is 13.8 Å². The molecule has 2 aromatic heterocycles. The van der Waals surface area contributed by atoms with Gasteiger partial charge in [0.15, 0.2) is 0 Å². The van der Waals surface area contributed by atoms with Crippen molar-refractivity contribution in [3.63, 3.8) is 0 Å². The van der Waals surface area contributed by atoms with Gasteiger partial charge in [-0.25, -0.2) is 4.68 Å². The highest BCUT2D eigenvalue weighted by molar-refractivity contribution is 5.64. The monoisotopic (exact) mass is 265 g/mol. The summed E-state index contributed by atoms with van der Waals surface area (Å²) in [5.41, 5.74) is 10.5. The summed E-state index contributed by atoms with van der Waals surface area (Å²) in [7, 11) is 0. The normalized spacial score (nSPS) is 10.7. The number of nitrogens with zero attached hydrogens (tertiary/aromatic N) is 4. The Morgan fingerprint density at radius 2 is 1.70 bits per heavy atom. The van der Waals surface area contributed by atoms with Crippen molar-refractivity contribution in [2.24, 2.45) is 0 Å². The van der Waals surface area contributed by atoms with Crippen LogP contribution in [0.1, 0.15) is 11.1 Å². The van der Waals surface area contributed by atoms with Gasteiger partial charge in [-0.15, -0.1) is 10.2 Å². The third-order valence-corrected chi connectivity index (χ3v) is 3.45. The van der Waals surface area contributed by atoms with E-state index in [1.807, 2.05) is 54.9 Å². The number of rotatable bonds is 2. The first-order valence-electron chi connectivity index (χ1n) is 6.37. The first-order chi connectivity index (χ1) is 9.68. The van der Waals surface area contributed by atoms with E-state index in [4.69, 9.17) is 5.73 Å². The van der Waals surface area contributed by atoms with Gasteiger partial charge in [0.2, 0.25) is 0 Å². The Morgan fingerprint density at radius 1 is 0.950 bits per heavy atom. The largest absolute Gasteiger partial charge is 0.382 e. The number of nitrogens with two attached hydrogens (primary N) is 1. The van der Waals surface area contributed by atoms with Crippen LogP contribution in [-0.4, -0.2) is 20.0 Å². The minimum atomic E-state index is 0.469. The summed E-state index contributed by atoms with van der Waals surface area (Å²) in [6.07, 6.45) is 1.76. The zero-order valence-corrected chi connectivity index (χ0v) is 11.4. The Hall–Kier alpha value is -2.69. The molecule has 0 saturated carbocycles. The predicted molar refractivity (Wildman–Crippen MR) is 78.5 cm³/mol. The molecule has 2 heterocycles. The molecule has 5 nitrogen and oxygen atoms in total. The van der Waals surface area contributed by atoms with E-state index in [0.717, 1.165) is 28.2 Å². The first kappa shape index (κ1) is 12.3. The molecule has 0 bridgehead atoms. The molecule has 0 aliphatic carbocycles. The average Bonchev–Trinajstić information content (AvgIpc) is 2.95. The molecular formula is C15H15N5. The summed E-state index contributed by atoms with van der Waals surface area (Å²) in [5, 5.41) is 12.6. The van der Waals surface area contributed by atoms with E-state index >= 15 is 0 Å². The number of hydrogen-bond donors (Lipinski definition) is 1. The zero-order chi connectivity index (χ0) is 14.1. The molecule has 0 radical (unpaired) electrons. The van der Waals surface area contributed by atoms with Crippen LogP contribution < -0.4 is 5.73 Å². The number of para-hydroxylation sites is 1. The molecule has 0 fully saturated rings. The van der Waals surface area contributed by atoms with Crippen molar-refractivity contribution in [3.05, 3.63) is 53.7 Å². The van der Waals surface area contributed by atoms with E-state index in [1.165, 1.54) is 0 Å². The van der Waals surface area contributed by atoms with Crippen LogP contribution >= 0.6 is 0 Å². The lowest BCUT2D eigenvalue weighted by Gasteiger charge is -2.11. The minimum Gasteiger partial charge on any atom is -0.382 e. The van der Waals surface area contributed by atoms with Gasteiger partial charge in [0.1, 0.15) is 11.5 Å². The fourth-order valence-corrected chi connectivity index (χ4v) is 2.12. The second-order valence-corrected chi connectivity index (χ2v) is 4.65. The van der Waals surface area contributed by atoms with Gasteiger partial charge in [0.25, 0.3) is 0 Å². The van der Waals surface area contributed by atoms with Crippen LogP contribution in [0.2, 0.25) is 0 Å². The number of hydrogen-bond acceptors (Lipinski definition) is 4. The molecule has 5 heteroatoms. The fraction of sp³-hybridized carbons (Fsp3) is 0.133. The Morgan fingerprint density at radius 3 is 2.45 bits per heavy atom. The molecule has 100 valence electrons. The number of anilines is 1. The first-order valence-corrected chi connectivity index (χ1v) is 6.37. The van der Waals surface area contributed by atoms with Gasteiger partial charge >= 0.3 is 0 Å². The molecule has 0 atom stereocenters. The van der Waals surface area contributed by atoms with Crippen molar-refractivity contribution in [1.29, 1.82) is 0 Å². The highest BCUT2D eigenvalue weighted by Gasteiger charge is 2.14. The van der Waals surface area contributed by atoms with Crippen LogP contribution in [0.5, 0.6) is 0 Å². The summed E-state index contributed by atoms with van der Waals surface area (Å²) in [6, 6.07) is 11.9. The number of benzene rings is 1. The summed E-state index contributed by atoms with van der Waals surface area (Å²) in [6.45, 7) is 3.95. The highest BCUT2D eigenvalue weighted by atomic mass is 15.3. The fourth-order valence-electron chi connectivity index (χ4n) is 2.12. The van der Waals surface area contributed by atoms with E-state index < -0.39 is 0 Å². The molecular weight excluding hydrogens is 250 g/mol. The quantitative estimate of drug-likeness (QED) is 0.773. The Kier molecular flexibility index (Phi) is 2.95. The summed E-state index contributed by atoms with van der Waals surface area (Å²) in [5.74, 6) is 0.469. The number of aromatic nitrogens is 4. The molecule has 0 amide bonds. The molecule has 2 N–H and O–H groups in total. The van der Waals surface area contributed by atoms with E-state index in [1.54, 1.807) is 6.20 Å². The molecule has 0 spiro atoms. The Labute approximate surface area is 117 Å². The van der Waals surface area contributed by atoms with Gasteiger partial charge in [0, 0.05) is 0 Å². The standard InChI is InChI=1S/C15H15N5/c1-10-11(2)15(16)19-18-14(10)13-8-9-17-20(13)12-6-4-3-5-7-12/h3-9H,1-2H3,(H2,16,19). The van der Waals surface area contributed by atoms with Gasteiger partial charge in [-0.1, -0.05) is 18.2 Å². The molecule has 0 aliphatic heterocycles. The van der Waals surface area contributed by atoms with Crippen LogP contribution in [0.4, 0.5) is 5.82 Å². The van der Waals surface area contributed by atoms with Crippen molar-refractivity contribution >= 4 is 5.82 Å². The molecule has 0 saturated heterocycles. The summed E-state index contributed by atoms with van der Waals surface area (Å²) >= 11 is 0.